The first-order valence-corrected chi connectivity index (χ1v) is 8.13. The van der Waals surface area contributed by atoms with E-state index in [2.05, 4.69) is 17.8 Å². The van der Waals surface area contributed by atoms with Crippen LogP contribution in [0.15, 0.2) is 22.6 Å². The number of hydrogen-bond donors (Lipinski definition) is 2. The van der Waals surface area contributed by atoms with Crippen LogP contribution in [-0.2, 0) is 12.8 Å². The number of carbonyl (C=O) groups is 2. The van der Waals surface area contributed by atoms with Crippen LogP contribution in [0.25, 0.3) is 0 Å². The van der Waals surface area contributed by atoms with Gasteiger partial charge < -0.3 is 4.42 Å². The molecule has 0 radical (unpaired) electrons. The van der Waals surface area contributed by atoms with E-state index in [-0.39, 0.29) is 11.7 Å². The van der Waals surface area contributed by atoms with Crippen molar-refractivity contribution in [3.8, 4) is 0 Å². The van der Waals surface area contributed by atoms with Gasteiger partial charge in [-0.1, -0.05) is 6.92 Å². The average molecular weight is 318 g/mol. The van der Waals surface area contributed by atoms with E-state index >= 15 is 0 Å². The smallest absolute Gasteiger partial charge is 0.305 e. The average Bonchev–Trinajstić information content (AvgIpc) is 3.10. The fourth-order valence-electron chi connectivity index (χ4n) is 2.61. The first-order valence-electron chi connectivity index (χ1n) is 7.31. The summed E-state index contributed by atoms with van der Waals surface area (Å²) < 4.78 is 5.20. The molecule has 116 valence electrons. The summed E-state index contributed by atoms with van der Waals surface area (Å²) in [6, 6.07) is 5.21. The van der Waals surface area contributed by atoms with Crippen molar-refractivity contribution in [1.29, 1.82) is 0 Å². The molecule has 0 fully saturated rings. The first-order chi connectivity index (χ1) is 10.5. The van der Waals surface area contributed by atoms with E-state index in [1.165, 1.54) is 28.2 Å². The topological polar surface area (TPSA) is 71.3 Å². The Morgan fingerprint density at radius 1 is 1.27 bits per heavy atom. The van der Waals surface area contributed by atoms with E-state index in [1.807, 2.05) is 6.07 Å². The molecule has 2 heterocycles. The van der Waals surface area contributed by atoms with E-state index in [0.29, 0.717) is 16.6 Å². The second kappa shape index (κ2) is 5.96. The molecule has 2 aromatic rings. The maximum absolute atomic E-state index is 12.1. The van der Waals surface area contributed by atoms with Crippen LogP contribution in [0, 0.1) is 12.8 Å². The lowest BCUT2D eigenvalue weighted by molar-refractivity contribution is 0.0832. The molecular weight excluding hydrogens is 300 g/mol. The van der Waals surface area contributed by atoms with Gasteiger partial charge in [0.2, 0.25) is 0 Å². The number of furan rings is 1. The van der Waals surface area contributed by atoms with Gasteiger partial charge in [-0.3, -0.25) is 20.4 Å². The number of amides is 2. The van der Waals surface area contributed by atoms with E-state index in [9.17, 15) is 9.59 Å². The number of hydrogen-bond acceptors (Lipinski definition) is 4. The molecule has 0 bridgehead atoms. The van der Waals surface area contributed by atoms with E-state index in [1.54, 1.807) is 19.1 Å². The quantitative estimate of drug-likeness (QED) is 0.836. The fourth-order valence-corrected chi connectivity index (χ4v) is 3.71. The summed E-state index contributed by atoms with van der Waals surface area (Å²) in [4.78, 5) is 25.9. The van der Waals surface area contributed by atoms with Crippen molar-refractivity contribution >= 4 is 23.2 Å². The highest BCUT2D eigenvalue weighted by atomic mass is 32.1. The molecule has 2 N–H and O–H groups in total. The van der Waals surface area contributed by atoms with E-state index in [0.717, 1.165) is 12.8 Å². The summed E-state index contributed by atoms with van der Waals surface area (Å²) in [6.07, 6.45) is 3.23. The third-order valence-electron chi connectivity index (χ3n) is 3.81. The van der Waals surface area contributed by atoms with Crippen molar-refractivity contribution in [2.75, 3.05) is 0 Å². The Labute approximate surface area is 132 Å². The zero-order chi connectivity index (χ0) is 15.7. The Morgan fingerprint density at radius 2 is 2.05 bits per heavy atom. The minimum atomic E-state index is -0.462. The van der Waals surface area contributed by atoms with E-state index < -0.39 is 5.91 Å². The number of nitrogens with one attached hydrogen (secondary N) is 2. The highest BCUT2D eigenvalue weighted by Crippen LogP contribution is 2.32. The SMILES string of the molecule is Cc1ccc(C(=O)NNC(=O)c2cc3c(s2)CCC(C)C3)o1. The number of thiophene rings is 1. The van der Waals surface area contributed by atoms with Crippen molar-refractivity contribution in [3.05, 3.63) is 45.0 Å². The molecule has 0 spiro atoms. The van der Waals surface area contributed by atoms with Crippen LogP contribution in [-0.4, -0.2) is 11.8 Å². The van der Waals surface area contributed by atoms with Gasteiger partial charge in [-0.05, 0) is 55.9 Å². The Bertz CT molecular complexity index is 717. The highest BCUT2D eigenvalue weighted by Gasteiger charge is 2.21. The van der Waals surface area contributed by atoms with Gasteiger partial charge in [-0.25, -0.2) is 0 Å². The Kier molecular flexibility index (Phi) is 4.02. The molecule has 2 amide bonds. The summed E-state index contributed by atoms with van der Waals surface area (Å²) in [5, 5.41) is 0. The minimum Gasteiger partial charge on any atom is -0.456 e. The first kappa shape index (κ1) is 14.8. The summed E-state index contributed by atoms with van der Waals surface area (Å²) in [7, 11) is 0. The van der Waals surface area contributed by atoms with Gasteiger partial charge in [-0.15, -0.1) is 11.3 Å². The van der Waals surface area contributed by atoms with E-state index in [4.69, 9.17) is 4.42 Å². The minimum absolute atomic E-state index is 0.178. The Morgan fingerprint density at radius 3 is 2.77 bits per heavy atom. The molecule has 22 heavy (non-hydrogen) atoms. The monoisotopic (exact) mass is 318 g/mol. The number of fused-ring (bicyclic) bond motifs is 1. The molecule has 1 aliphatic rings. The summed E-state index contributed by atoms with van der Waals surface area (Å²) in [5.74, 6) is 0.744. The predicted octanol–water partition coefficient (Wildman–Crippen LogP) is 2.85. The molecule has 0 aromatic carbocycles. The summed E-state index contributed by atoms with van der Waals surface area (Å²) in [5.41, 5.74) is 6.08. The van der Waals surface area contributed by atoms with Crippen molar-refractivity contribution in [2.24, 2.45) is 5.92 Å². The van der Waals surface area contributed by atoms with Crippen LogP contribution in [0.1, 0.15) is 49.8 Å². The maximum Gasteiger partial charge on any atom is 0.305 e. The van der Waals surface area contributed by atoms with Crippen LogP contribution < -0.4 is 10.9 Å². The molecule has 0 saturated carbocycles. The zero-order valence-corrected chi connectivity index (χ0v) is 13.4. The zero-order valence-electron chi connectivity index (χ0n) is 12.6. The highest BCUT2D eigenvalue weighted by molar-refractivity contribution is 7.14. The third kappa shape index (κ3) is 3.06. The lowest BCUT2D eigenvalue weighted by Crippen LogP contribution is -2.41. The molecule has 1 aliphatic carbocycles. The summed E-state index contributed by atoms with van der Waals surface area (Å²) >= 11 is 1.51. The van der Waals surface area contributed by atoms with Crippen LogP contribution >= 0.6 is 11.3 Å². The lowest BCUT2D eigenvalue weighted by Gasteiger charge is -2.16. The van der Waals surface area contributed by atoms with Crippen LogP contribution in [0.5, 0.6) is 0 Å². The van der Waals surface area contributed by atoms with Crippen molar-refractivity contribution < 1.29 is 14.0 Å². The molecule has 1 unspecified atom stereocenters. The van der Waals surface area contributed by atoms with Crippen LogP contribution in [0.2, 0.25) is 0 Å². The fraction of sp³-hybridized carbons (Fsp3) is 0.375. The Balaban J connectivity index is 1.62. The van der Waals surface area contributed by atoms with Gasteiger partial charge in [0.15, 0.2) is 5.76 Å². The number of hydrazine groups is 1. The van der Waals surface area contributed by atoms with Gasteiger partial charge in [0.05, 0.1) is 4.88 Å². The molecule has 6 heteroatoms. The Hall–Kier alpha value is -2.08. The lowest BCUT2D eigenvalue weighted by atomic mass is 9.90. The second-order valence-corrected chi connectivity index (χ2v) is 6.86. The number of rotatable bonds is 2. The number of carbonyl (C=O) groups excluding carboxylic acids is 2. The van der Waals surface area contributed by atoms with Crippen LogP contribution in [0.4, 0.5) is 0 Å². The molecule has 0 saturated heterocycles. The second-order valence-electron chi connectivity index (χ2n) is 5.73. The van der Waals surface area contributed by atoms with Crippen molar-refractivity contribution in [2.45, 2.75) is 33.1 Å². The van der Waals surface area contributed by atoms with Gasteiger partial charge in [-0.2, -0.15) is 0 Å². The molecule has 0 aliphatic heterocycles. The normalized spacial score (nSPS) is 16.9. The molecule has 5 nitrogen and oxygen atoms in total. The van der Waals surface area contributed by atoms with Gasteiger partial charge in [0, 0.05) is 4.88 Å². The largest absolute Gasteiger partial charge is 0.456 e. The molecule has 1 atom stereocenters. The number of aryl methyl sites for hydroxylation is 2. The molecular formula is C16H18N2O3S. The van der Waals surface area contributed by atoms with Crippen molar-refractivity contribution in [1.82, 2.24) is 10.9 Å². The van der Waals surface area contributed by atoms with Gasteiger partial charge >= 0.3 is 5.91 Å². The van der Waals surface area contributed by atoms with Gasteiger partial charge in [0.1, 0.15) is 5.76 Å². The predicted molar refractivity (Wildman–Crippen MR) is 83.9 cm³/mol. The summed E-state index contributed by atoms with van der Waals surface area (Å²) in [6.45, 7) is 3.98. The maximum atomic E-state index is 12.1. The van der Waals surface area contributed by atoms with Crippen LogP contribution in [0.3, 0.4) is 0 Å². The van der Waals surface area contributed by atoms with Gasteiger partial charge in [0.25, 0.3) is 5.91 Å². The van der Waals surface area contributed by atoms with Crippen molar-refractivity contribution in [3.63, 3.8) is 0 Å². The third-order valence-corrected chi connectivity index (χ3v) is 5.04. The molecule has 2 aromatic heterocycles. The standard InChI is InChI=1S/C16H18N2O3S/c1-9-3-6-13-11(7-9)8-14(22-13)16(20)18-17-15(19)12-5-4-10(2)21-12/h4-5,8-9H,3,6-7H2,1-2H3,(H,17,19)(H,18,20). The molecule has 3 rings (SSSR count).